The van der Waals surface area contributed by atoms with Crippen LogP contribution in [0.15, 0.2) is 61.2 Å². The first-order chi connectivity index (χ1) is 10.8. The molecule has 1 N–H and O–H groups in total. The zero-order valence-electron chi connectivity index (χ0n) is 12.2. The van der Waals surface area contributed by atoms with Crippen LogP contribution in [0.3, 0.4) is 0 Å². The number of pyridine rings is 1. The van der Waals surface area contributed by atoms with Gasteiger partial charge in [0, 0.05) is 18.3 Å². The van der Waals surface area contributed by atoms with Gasteiger partial charge in [0.15, 0.2) is 0 Å². The molecule has 0 unspecified atom stereocenters. The zero-order chi connectivity index (χ0) is 15.2. The Morgan fingerprint density at radius 1 is 1.00 bits per heavy atom. The lowest BCUT2D eigenvalue weighted by molar-refractivity contribution is 0.413. The second-order valence-corrected chi connectivity index (χ2v) is 4.74. The van der Waals surface area contributed by atoms with E-state index in [0.717, 1.165) is 17.1 Å². The van der Waals surface area contributed by atoms with E-state index < -0.39 is 0 Å². The molecule has 22 heavy (non-hydrogen) atoms. The molecule has 1 aromatic carbocycles. The Morgan fingerprint density at radius 3 is 2.64 bits per heavy atom. The van der Waals surface area contributed by atoms with Gasteiger partial charge in [-0.3, -0.25) is 9.97 Å². The van der Waals surface area contributed by atoms with Gasteiger partial charge in [-0.05, 0) is 11.6 Å². The molecule has 0 bridgehead atoms. The summed E-state index contributed by atoms with van der Waals surface area (Å²) in [5.74, 6) is 1.42. The third-order valence-corrected chi connectivity index (χ3v) is 3.20. The summed E-state index contributed by atoms with van der Waals surface area (Å²) in [5.41, 5.74) is 2.82. The Labute approximate surface area is 129 Å². The molecule has 3 aromatic rings. The number of nitrogens with zero attached hydrogens (tertiary/aromatic N) is 3. The van der Waals surface area contributed by atoms with E-state index in [-0.39, 0.29) is 0 Å². The number of aromatic nitrogens is 3. The second kappa shape index (κ2) is 6.67. The van der Waals surface area contributed by atoms with E-state index in [9.17, 15) is 0 Å². The van der Waals surface area contributed by atoms with Gasteiger partial charge in [0.05, 0.1) is 31.4 Å². The molecule has 0 spiro atoms. The summed E-state index contributed by atoms with van der Waals surface area (Å²) in [6.07, 6.45) is 6.83. The highest BCUT2D eigenvalue weighted by Gasteiger charge is 2.04. The van der Waals surface area contributed by atoms with Crippen LogP contribution in [-0.4, -0.2) is 22.1 Å². The standard InChI is InChI=1S/C17H16N4O/c1-22-15-7-14(9-18-10-15)16-11-19-12-17(21-16)20-8-13-5-3-2-4-6-13/h2-7,9-12H,8H2,1H3,(H,20,21). The third-order valence-electron chi connectivity index (χ3n) is 3.20. The number of benzene rings is 1. The van der Waals surface area contributed by atoms with Crippen molar-refractivity contribution in [3.05, 3.63) is 66.7 Å². The Balaban J connectivity index is 1.77. The van der Waals surface area contributed by atoms with E-state index in [1.807, 2.05) is 24.3 Å². The van der Waals surface area contributed by atoms with Gasteiger partial charge in [0.25, 0.3) is 0 Å². The van der Waals surface area contributed by atoms with Gasteiger partial charge in [-0.1, -0.05) is 30.3 Å². The molecule has 5 heteroatoms. The van der Waals surface area contributed by atoms with Crippen LogP contribution in [0.4, 0.5) is 5.82 Å². The van der Waals surface area contributed by atoms with Gasteiger partial charge >= 0.3 is 0 Å². The number of methoxy groups -OCH3 is 1. The SMILES string of the molecule is COc1cncc(-c2cncc(NCc3ccccc3)n2)c1. The highest BCUT2D eigenvalue weighted by atomic mass is 16.5. The molecule has 110 valence electrons. The molecule has 0 aliphatic carbocycles. The van der Waals surface area contributed by atoms with Gasteiger partial charge in [-0.2, -0.15) is 0 Å². The van der Waals surface area contributed by atoms with Gasteiger partial charge in [0.2, 0.25) is 0 Å². The van der Waals surface area contributed by atoms with E-state index in [1.165, 1.54) is 5.56 Å². The van der Waals surface area contributed by atoms with Crippen molar-refractivity contribution in [1.82, 2.24) is 15.0 Å². The minimum Gasteiger partial charge on any atom is -0.495 e. The predicted molar refractivity (Wildman–Crippen MR) is 85.6 cm³/mol. The third kappa shape index (κ3) is 3.38. The first-order valence-electron chi connectivity index (χ1n) is 6.94. The average molecular weight is 292 g/mol. The molecule has 0 radical (unpaired) electrons. The molecule has 0 amide bonds. The van der Waals surface area contributed by atoms with Crippen LogP contribution < -0.4 is 10.1 Å². The Kier molecular flexibility index (Phi) is 4.25. The molecule has 2 aromatic heterocycles. The number of rotatable bonds is 5. The maximum absolute atomic E-state index is 5.19. The molecule has 5 nitrogen and oxygen atoms in total. The van der Waals surface area contributed by atoms with Gasteiger partial charge in [-0.25, -0.2) is 4.98 Å². The lowest BCUT2D eigenvalue weighted by atomic mass is 10.2. The zero-order valence-corrected chi connectivity index (χ0v) is 12.2. The van der Waals surface area contributed by atoms with Crippen LogP contribution in [0.25, 0.3) is 11.3 Å². The molecule has 2 heterocycles. The summed E-state index contributed by atoms with van der Waals surface area (Å²) in [6, 6.07) is 12.0. The minimum absolute atomic E-state index is 0.696. The van der Waals surface area contributed by atoms with Gasteiger partial charge in [-0.15, -0.1) is 0 Å². The van der Waals surface area contributed by atoms with Crippen molar-refractivity contribution in [2.24, 2.45) is 0 Å². The van der Waals surface area contributed by atoms with Crippen LogP contribution >= 0.6 is 0 Å². The molecule has 0 saturated carbocycles. The normalized spacial score (nSPS) is 10.2. The largest absolute Gasteiger partial charge is 0.495 e. The predicted octanol–water partition coefficient (Wildman–Crippen LogP) is 3.16. The minimum atomic E-state index is 0.696. The van der Waals surface area contributed by atoms with E-state index >= 15 is 0 Å². The first kappa shape index (κ1) is 14.0. The maximum Gasteiger partial charge on any atom is 0.145 e. The highest BCUT2D eigenvalue weighted by Crippen LogP contribution is 2.21. The molecule has 3 rings (SSSR count). The van der Waals surface area contributed by atoms with Crippen LogP contribution in [0, 0.1) is 0 Å². The molecule has 0 saturated heterocycles. The monoisotopic (exact) mass is 292 g/mol. The Hall–Kier alpha value is -2.95. The van der Waals surface area contributed by atoms with Crippen molar-refractivity contribution in [2.75, 3.05) is 12.4 Å². The summed E-state index contributed by atoms with van der Waals surface area (Å²) >= 11 is 0. The number of nitrogens with one attached hydrogen (secondary N) is 1. The fourth-order valence-electron chi connectivity index (χ4n) is 2.05. The summed E-state index contributed by atoms with van der Waals surface area (Å²) in [6.45, 7) is 0.704. The van der Waals surface area contributed by atoms with Crippen LogP contribution in [0.5, 0.6) is 5.75 Å². The van der Waals surface area contributed by atoms with Gasteiger partial charge < -0.3 is 10.1 Å². The summed E-state index contributed by atoms with van der Waals surface area (Å²) in [5, 5.41) is 3.27. The number of hydrogen-bond donors (Lipinski definition) is 1. The maximum atomic E-state index is 5.19. The topological polar surface area (TPSA) is 59.9 Å². The Bertz CT molecular complexity index is 746. The number of ether oxygens (including phenoxy) is 1. The van der Waals surface area contributed by atoms with Crippen LogP contribution in [0.2, 0.25) is 0 Å². The summed E-state index contributed by atoms with van der Waals surface area (Å²) in [4.78, 5) is 12.9. The van der Waals surface area contributed by atoms with Crippen molar-refractivity contribution in [3.63, 3.8) is 0 Å². The van der Waals surface area contributed by atoms with E-state index in [2.05, 4.69) is 32.4 Å². The number of hydrogen-bond acceptors (Lipinski definition) is 5. The fourth-order valence-corrected chi connectivity index (χ4v) is 2.05. The number of anilines is 1. The fraction of sp³-hybridized carbons (Fsp3) is 0.118. The van der Waals surface area contributed by atoms with E-state index in [1.54, 1.807) is 31.9 Å². The van der Waals surface area contributed by atoms with Crippen LogP contribution in [-0.2, 0) is 6.54 Å². The first-order valence-corrected chi connectivity index (χ1v) is 6.94. The lowest BCUT2D eigenvalue weighted by Crippen LogP contribution is -2.02. The lowest BCUT2D eigenvalue weighted by Gasteiger charge is -2.07. The molecule has 0 atom stereocenters. The molecule has 0 aliphatic rings. The Morgan fingerprint density at radius 2 is 1.82 bits per heavy atom. The summed E-state index contributed by atoms with van der Waals surface area (Å²) < 4.78 is 5.19. The average Bonchev–Trinajstić information content (AvgIpc) is 2.61. The van der Waals surface area contributed by atoms with Gasteiger partial charge in [0.1, 0.15) is 11.6 Å². The van der Waals surface area contributed by atoms with E-state index in [4.69, 9.17) is 4.74 Å². The van der Waals surface area contributed by atoms with E-state index in [0.29, 0.717) is 12.3 Å². The van der Waals surface area contributed by atoms with Crippen LogP contribution in [0.1, 0.15) is 5.56 Å². The van der Waals surface area contributed by atoms with Crippen molar-refractivity contribution < 1.29 is 4.74 Å². The highest BCUT2D eigenvalue weighted by molar-refractivity contribution is 5.60. The van der Waals surface area contributed by atoms with Crippen molar-refractivity contribution >= 4 is 5.82 Å². The van der Waals surface area contributed by atoms with Crippen molar-refractivity contribution in [2.45, 2.75) is 6.54 Å². The molecular weight excluding hydrogens is 276 g/mol. The van der Waals surface area contributed by atoms with Crippen molar-refractivity contribution in [3.8, 4) is 17.0 Å². The molecule has 0 fully saturated rings. The summed E-state index contributed by atoms with van der Waals surface area (Å²) in [7, 11) is 1.62. The quantitative estimate of drug-likeness (QED) is 0.782. The smallest absolute Gasteiger partial charge is 0.145 e. The molecular formula is C17H16N4O. The second-order valence-electron chi connectivity index (χ2n) is 4.74. The molecule has 0 aliphatic heterocycles. The van der Waals surface area contributed by atoms with Crippen molar-refractivity contribution in [1.29, 1.82) is 0 Å².